The number of rotatable bonds is 6. The third-order valence-electron chi connectivity index (χ3n) is 4.85. The van der Waals surface area contributed by atoms with E-state index in [1.54, 1.807) is 0 Å². The van der Waals surface area contributed by atoms with Gasteiger partial charge in [-0.05, 0) is 50.3 Å². The molecule has 1 N–H and O–H groups in total. The molecule has 0 bridgehead atoms. The molecular formula is C18H34N2O4S. The van der Waals surface area contributed by atoms with Crippen LogP contribution >= 0.6 is 0 Å². The lowest BCUT2D eigenvalue weighted by atomic mass is 9.80. The van der Waals surface area contributed by atoms with Crippen LogP contribution in [0.4, 0.5) is 0 Å². The normalized spacial score (nSPS) is 48.9. The molecule has 25 heavy (non-hydrogen) atoms. The first kappa shape index (κ1) is 14.4. The Morgan fingerprint density at radius 1 is 1.36 bits per heavy atom. The van der Waals surface area contributed by atoms with Gasteiger partial charge >= 0.3 is 0 Å². The molecule has 2 rings (SSSR count). The summed E-state index contributed by atoms with van der Waals surface area (Å²) in [7, 11) is -4.05. The lowest BCUT2D eigenvalue weighted by Crippen LogP contribution is -2.58. The highest BCUT2D eigenvalue weighted by Crippen LogP contribution is 2.31. The van der Waals surface area contributed by atoms with E-state index in [0.717, 1.165) is 38.9 Å². The highest BCUT2D eigenvalue weighted by atomic mass is 32.2. The maximum absolute atomic E-state index is 12.3. The number of amides is 1. The van der Waals surface area contributed by atoms with Gasteiger partial charge in [0.05, 0.1) is 26.4 Å². The molecule has 1 amide bonds. The van der Waals surface area contributed by atoms with E-state index in [2.05, 4.69) is 13.8 Å². The molecule has 2 aliphatic rings. The van der Waals surface area contributed by atoms with Gasteiger partial charge in [0.15, 0.2) is 0 Å². The first-order valence-corrected chi connectivity index (χ1v) is 10.7. The summed E-state index contributed by atoms with van der Waals surface area (Å²) in [5, 5.41) is 0. The average Bonchev–Trinajstić information content (AvgIpc) is 2.62. The minimum absolute atomic E-state index is 0.208. The molecule has 1 saturated carbocycles. The Morgan fingerprint density at radius 3 is 2.52 bits per heavy atom. The second-order valence-electron chi connectivity index (χ2n) is 7.22. The summed E-state index contributed by atoms with van der Waals surface area (Å²) in [6.45, 7) is 3.34. The van der Waals surface area contributed by atoms with Crippen LogP contribution in [0.1, 0.15) is 66.1 Å². The Bertz CT molecular complexity index is 734. The van der Waals surface area contributed by atoms with E-state index < -0.39 is 53.9 Å². The van der Waals surface area contributed by atoms with Gasteiger partial charge in [0.2, 0.25) is 15.9 Å². The highest BCUT2D eigenvalue weighted by molar-refractivity contribution is 7.88. The van der Waals surface area contributed by atoms with Gasteiger partial charge in [0.25, 0.3) is 0 Å². The first-order valence-electron chi connectivity index (χ1n) is 11.5. The van der Waals surface area contributed by atoms with E-state index in [9.17, 15) is 13.2 Å². The monoisotopic (exact) mass is 379 g/mol. The van der Waals surface area contributed by atoms with E-state index in [1.165, 1.54) is 0 Å². The molecule has 6 nitrogen and oxygen atoms in total. The van der Waals surface area contributed by atoms with Crippen molar-refractivity contribution in [2.24, 2.45) is 11.8 Å². The SMILES string of the molecule is [2H]C1C([2H])N(C(C)=O)C([2H])(CO[C@H]2CC[C@@H](C(C)C)CC2)C([2H])(NS(C)(=O)=O)C1[2H]. The summed E-state index contributed by atoms with van der Waals surface area (Å²) in [5.41, 5.74) is 0. The molecule has 0 aromatic rings. The molecule has 1 saturated heterocycles. The van der Waals surface area contributed by atoms with Crippen LogP contribution in [-0.2, 0) is 19.6 Å². The molecule has 5 unspecified atom stereocenters. The zero-order valence-corrected chi connectivity index (χ0v) is 16.3. The molecule has 0 radical (unpaired) electrons. The van der Waals surface area contributed by atoms with Gasteiger partial charge in [-0.3, -0.25) is 4.79 Å². The van der Waals surface area contributed by atoms with E-state index in [4.69, 9.17) is 11.6 Å². The molecule has 1 aliphatic carbocycles. The van der Waals surface area contributed by atoms with Gasteiger partial charge in [-0.25, -0.2) is 13.1 Å². The number of nitrogens with zero attached hydrogens (tertiary/aromatic N) is 1. The number of piperidine rings is 1. The number of likely N-dealkylation sites (tertiary alicyclic amines) is 1. The summed E-state index contributed by atoms with van der Waals surface area (Å²) in [5.74, 6) is 0.398. The van der Waals surface area contributed by atoms with Crippen LogP contribution in [0.3, 0.4) is 0 Å². The molecule has 5 atom stereocenters. The fourth-order valence-corrected chi connectivity index (χ4v) is 3.98. The minimum atomic E-state index is -4.05. The van der Waals surface area contributed by atoms with E-state index in [0.29, 0.717) is 16.7 Å². The van der Waals surface area contributed by atoms with Gasteiger partial charge in [0.1, 0.15) is 0 Å². The van der Waals surface area contributed by atoms with Gasteiger partial charge in [-0.15, -0.1) is 0 Å². The average molecular weight is 380 g/mol. The molecule has 2 fully saturated rings. The van der Waals surface area contributed by atoms with Crippen LogP contribution in [0.15, 0.2) is 0 Å². The predicted octanol–water partition coefficient (Wildman–Crippen LogP) is 2.15. The van der Waals surface area contributed by atoms with Gasteiger partial charge in [0, 0.05) is 24.9 Å². The van der Waals surface area contributed by atoms with Crippen molar-refractivity contribution in [1.82, 2.24) is 9.62 Å². The van der Waals surface area contributed by atoms with Crippen molar-refractivity contribution < 1.29 is 24.8 Å². The fraction of sp³-hybridized carbons (Fsp3) is 0.944. The van der Waals surface area contributed by atoms with Crippen molar-refractivity contribution in [3.05, 3.63) is 0 Å². The van der Waals surface area contributed by atoms with E-state index in [1.807, 2.05) is 4.72 Å². The van der Waals surface area contributed by atoms with Crippen LogP contribution in [0.5, 0.6) is 0 Å². The minimum Gasteiger partial charge on any atom is -0.376 e. The van der Waals surface area contributed by atoms with Crippen LogP contribution < -0.4 is 4.72 Å². The second-order valence-corrected chi connectivity index (χ2v) is 8.97. The summed E-state index contributed by atoms with van der Waals surface area (Å²) < 4.78 is 74.1. The van der Waals surface area contributed by atoms with Crippen molar-refractivity contribution in [1.29, 1.82) is 0 Å². The number of nitrogens with one attached hydrogen (secondary N) is 1. The lowest BCUT2D eigenvalue weighted by molar-refractivity contribution is -0.136. The second kappa shape index (κ2) is 8.82. The molecule has 7 heteroatoms. The quantitative estimate of drug-likeness (QED) is 0.767. The number of hydrogen-bond acceptors (Lipinski definition) is 4. The summed E-state index contributed by atoms with van der Waals surface area (Å²) in [6.07, 6.45) is 0.652. The Hall–Kier alpha value is -0.660. The topological polar surface area (TPSA) is 75.7 Å². The summed E-state index contributed by atoms with van der Waals surface area (Å²) in [6, 6.07) is -4.93. The molecule has 146 valence electrons. The fourth-order valence-electron chi connectivity index (χ4n) is 3.39. The Morgan fingerprint density at radius 2 is 2.00 bits per heavy atom. The smallest absolute Gasteiger partial charge is 0.219 e. The third-order valence-corrected chi connectivity index (χ3v) is 5.44. The molecule has 0 spiro atoms. The van der Waals surface area contributed by atoms with Crippen molar-refractivity contribution in [3.8, 4) is 0 Å². The maximum atomic E-state index is 12.3. The zero-order valence-electron chi connectivity index (χ0n) is 20.5. The maximum Gasteiger partial charge on any atom is 0.219 e. The van der Waals surface area contributed by atoms with Crippen LogP contribution in [0.2, 0.25) is 0 Å². The number of carbonyl (C=O) groups is 1. The lowest BCUT2D eigenvalue weighted by Gasteiger charge is -2.41. The Kier molecular flexibility index (Phi) is 5.08. The van der Waals surface area contributed by atoms with Crippen molar-refractivity contribution in [2.75, 3.05) is 19.4 Å². The van der Waals surface area contributed by atoms with Gasteiger partial charge in [-0.1, -0.05) is 13.8 Å². The van der Waals surface area contributed by atoms with Gasteiger partial charge in [-0.2, -0.15) is 0 Å². The molecule has 1 heterocycles. The van der Waals surface area contributed by atoms with E-state index in [-0.39, 0.29) is 6.10 Å². The molecular weight excluding hydrogens is 340 g/mol. The third kappa shape index (κ3) is 6.22. The van der Waals surface area contributed by atoms with Crippen LogP contribution in [0.25, 0.3) is 0 Å². The van der Waals surface area contributed by atoms with Gasteiger partial charge < -0.3 is 9.64 Å². The number of sulfonamides is 1. The number of ether oxygens (including phenoxy) is 1. The number of hydrogen-bond donors (Lipinski definition) is 1. The summed E-state index contributed by atoms with van der Waals surface area (Å²) in [4.78, 5) is 13.0. The zero-order chi connectivity index (χ0) is 23.1. The standard InChI is InChI=1S/C18H34N2O4S/c1-13(2)15-7-9-16(10-8-15)24-12-18-17(19-25(4,22)23)6-5-11-20(18)14(3)21/h13,15-19H,5-12H2,1-4H3/t15-,16+,17?,18?/i5D,6D,11D,17D,18D/t5?,6?,11?,15-,16+,17?,18?. The van der Waals surface area contributed by atoms with Crippen LogP contribution in [0, 0.1) is 11.8 Å². The predicted molar refractivity (Wildman–Crippen MR) is 98.7 cm³/mol. The Balaban J connectivity index is 2.34. The molecule has 1 aliphatic heterocycles. The number of carbonyl (C=O) groups excluding carboxylic acids is 1. The summed E-state index contributed by atoms with van der Waals surface area (Å²) >= 11 is 0. The molecule has 0 aromatic heterocycles. The van der Waals surface area contributed by atoms with Crippen molar-refractivity contribution in [2.45, 2.75) is 77.4 Å². The highest BCUT2D eigenvalue weighted by Gasteiger charge is 2.35. The van der Waals surface area contributed by atoms with Crippen LogP contribution in [-0.4, -0.2) is 56.7 Å². The Labute approximate surface area is 159 Å². The van der Waals surface area contributed by atoms with Crippen molar-refractivity contribution in [3.63, 3.8) is 0 Å². The van der Waals surface area contributed by atoms with Crippen molar-refractivity contribution >= 4 is 15.9 Å². The molecule has 0 aromatic carbocycles. The largest absolute Gasteiger partial charge is 0.376 e. The first-order chi connectivity index (χ1) is 13.6. The van der Waals surface area contributed by atoms with E-state index >= 15 is 0 Å².